The molecular weight excluding hydrogens is 303 g/mol. The van der Waals surface area contributed by atoms with Gasteiger partial charge in [-0.05, 0) is 18.2 Å². The van der Waals surface area contributed by atoms with Gasteiger partial charge in [0, 0.05) is 13.5 Å². The SMILES string of the molecule is CC.Cc1nc(-c2ccc(N3CC(CN)OC3=O)cc2F)no1. The summed E-state index contributed by atoms with van der Waals surface area (Å²) in [5, 5.41) is 3.67. The van der Waals surface area contributed by atoms with Crippen molar-refractivity contribution < 1.29 is 18.4 Å². The number of aryl methyl sites for hydroxylation is 1. The molecule has 1 aliphatic heterocycles. The quantitative estimate of drug-likeness (QED) is 0.933. The molecule has 0 spiro atoms. The molecule has 1 aromatic carbocycles. The van der Waals surface area contributed by atoms with Crippen LogP contribution in [0.25, 0.3) is 11.4 Å². The molecule has 1 aliphatic rings. The zero-order valence-electron chi connectivity index (χ0n) is 13.2. The van der Waals surface area contributed by atoms with E-state index in [9.17, 15) is 9.18 Å². The highest BCUT2D eigenvalue weighted by Gasteiger charge is 2.31. The minimum absolute atomic E-state index is 0.167. The number of aromatic nitrogens is 2. The molecule has 0 saturated carbocycles. The Balaban J connectivity index is 0.000000924. The summed E-state index contributed by atoms with van der Waals surface area (Å²) in [4.78, 5) is 17.0. The van der Waals surface area contributed by atoms with Gasteiger partial charge in [-0.3, -0.25) is 4.90 Å². The van der Waals surface area contributed by atoms with Crippen molar-refractivity contribution in [3.05, 3.63) is 29.9 Å². The largest absolute Gasteiger partial charge is 0.443 e. The minimum Gasteiger partial charge on any atom is -0.443 e. The second-order valence-electron chi connectivity index (χ2n) is 4.65. The number of cyclic esters (lactones) is 1. The molecule has 1 aromatic heterocycles. The van der Waals surface area contributed by atoms with Gasteiger partial charge in [-0.15, -0.1) is 0 Å². The van der Waals surface area contributed by atoms with E-state index >= 15 is 0 Å². The van der Waals surface area contributed by atoms with Crippen molar-refractivity contribution in [2.45, 2.75) is 26.9 Å². The third-order valence-electron chi connectivity index (χ3n) is 3.17. The molecule has 23 heavy (non-hydrogen) atoms. The van der Waals surface area contributed by atoms with Crippen molar-refractivity contribution in [1.29, 1.82) is 0 Å². The lowest BCUT2D eigenvalue weighted by Crippen LogP contribution is -2.27. The predicted octanol–water partition coefficient (Wildman–Crippen LogP) is 2.49. The van der Waals surface area contributed by atoms with Gasteiger partial charge in [0.05, 0.1) is 17.8 Å². The normalized spacial score (nSPS) is 16.8. The number of hydrogen-bond donors (Lipinski definition) is 1. The molecule has 0 radical (unpaired) electrons. The van der Waals surface area contributed by atoms with Crippen molar-refractivity contribution in [3.8, 4) is 11.4 Å². The Bertz CT molecular complexity index is 689. The second kappa shape index (κ2) is 7.19. The summed E-state index contributed by atoms with van der Waals surface area (Å²) >= 11 is 0. The Morgan fingerprint density at radius 3 is 2.70 bits per heavy atom. The van der Waals surface area contributed by atoms with Gasteiger partial charge >= 0.3 is 6.09 Å². The number of rotatable bonds is 3. The molecule has 2 N–H and O–H groups in total. The van der Waals surface area contributed by atoms with Crippen molar-refractivity contribution in [1.82, 2.24) is 10.1 Å². The molecule has 3 rings (SSSR count). The fourth-order valence-electron chi connectivity index (χ4n) is 2.12. The molecule has 1 atom stereocenters. The highest BCUT2D eigenvalue weighted by Crippen LogP contribution is 2.27. The summed E-state index contributed by atoms with van der Waals surface area (Å²) in [5.74, 6) is -0.0277. The molecule has 0 aliphatic carbocycles. The van der Waals surface area contributed by atoms with Gasteiger partial charge in [0.1, 0.15) is 11.9 Å². The summed E-state index contributed by atoms with van der Waals surface area (Å²) < 4.78 is 24.0. The fourth-order valence-corrected chi connectivity index (χ4v) is 2.12. The smallest absolute Gasteiger partial charge is 0.414 e. The summed E-state index contributed by atoms with van der Waals surface area (Å²) in [6.45, 7) is 6.15. The number of hydrogen-bond acceptors (Lipinski definition) is 6. The minimum atomic E-state index is -0.544. The Hall–Kier alpha value is -2.48. The topological polar surface area (TPSA) is 94.5 Å². The van der Waals surface area contributed by atoms with Crippen molar-refractivity contribution in [2.75, 3.05) is 18.0 Å². The average Bonchev–Trinajstić information content (AvgIpc) is 3.15. The monoisotopic (exact) mass is 322 g/mol. The van der Waals surface area contributed by atoms with Crippen LogP contribution in [0.1, 0.15) is 19.7 Å². The molecule has 1 amide bonds. The van der Waals surface area contributed by atoms with Crippen LogP contribution in [0.5, 0.6) is 0 Å². The maximum absolute atomic E-state index is 14.2. The lowest BCUT2D eigenvalue weighted by Gasteiger charge is -2.13. The van der Waals surface area contributed by atoms with Crippen molar-refractivity contribution in [3.63, 3.8) is 0 Å². The molecule has 8 heteroatoms. The fraction of sp³-hybridized carbons (Fsp3) is 0.400. The number of nitrogens with zero attached hydrogens (tertiary/aromatic N) is 3. The number of ether oxygens (including phenoxy) is 1. The van der Waals surface area contributed by atoms with Gasteiger partial charge in [0.2, 0.25) is 11.7 Å². The van der Waals surface area contributed by atoms with Gasteiger partial charge in [0.15, 0.2) is 0 Å². The number of nitrogens with two attached hydrogens (primary N) is 1. The van der Waals surface area contributed by atoms with Crippen LogP contribution in [0.4, 0.5) is 14.9 Å². The zero-order chi connectivity index (χ0) is 17.0. The number of amides is 1. The first-order valence-electron chi connectivity index (χ1n) is 7.37. The highest BCUT2D eigenvalue weighted by molar-refractivity contribution is 5.90. The van der Waals surface area contributed by atoms with Crippen LogP contribution in [0, 0.1) is 12.7 Å². The Morgan fingerprint density at radius 1 is 1.43 bits per heavy atom. The number of benzene rings is 1. The third kappa shape index (κ3) is 3.48. The van der Waals surface area contributed by atoms with E-state index < -0.39 is 11.9 Å². The number of halogens is 1. The van der Waals surface area contributed by atoms with Crippen LogP contribution >= 0.6 is 0 Å². The summed E-state index contributed by atoms with van der Waals surface area (Å²) in [6, 6.07) is 4.34. The number of carbonyl (C=O) groups excluding carboxylic acids is 1. The standard InChI is InChI=1S/C13H13FN4O3.C2H6/c1-7-16-12(17-21-7)10-3-2-8(4-11(10)14)18-6-9(5-15)20-13(18)19;1-2/h2-4,9H,5-6,15H2,1H3;1-2H3. The van der Waals surface area contributed by atoms with Crippen LogP contribution in [-0.2, 0) is 4.74 Å². The van der Waals surface area contributed by atoms with E-state index in [0.717, 1.165) is 0 Å². The van der Waals surface area contributed by atoms with Gasteiger partial charge in [0.25, 0.3) is 0 Å². The van der Waals surface area contributed by atoms with E-state index in [1.54, 1.807) is 13.0 Å². The van der Waals surface area contributed by atoms with Crippen LogP contribution in [0.3, 0.4) is 0 Å². The first-order chi connectivity index (χ1) is 11.1. The Kier molecular flexibility index (Phi) is 5.28. The molecular formula is C15H19FN4O3. The second-order valence-corrected chi connectivity index (χ2v) is 4.65. The molecule has 7 nitrogen and oxygen atoms in total. The number of carbonyl (C=O) groups is 1. The van der Waals surface area contributed by atoms with Crippen LogP contribution in [-0.4, -0.2) is 35.4 Å². The molecule has 1 saturated heterocycles. The molecule has 2 aromatic rings. The predicted molar refractivity (Wildman–Crippen MR) is 82.4 cm³/mol. The van der Waals surface area contributed by atoms with E-state index in [1.807, 2.05) is 13.8 Å². The Morgan fingerprint density at radius 2 is 2.17 bits per heavy atom. The van der Waals surface area contributed by atoms with E-state index in [0.29, 0.717) is 18.1 Å². The molecule has 0 bridgehead atoms. The van der Waals surface area contributed by atoms with Crippen LogP contribution in [0.15, 0.2) is 22.7 Å². The maximum Gasteiger partial charge on any atom is 0.414 e. The van der Waals surface area contributed by atoms with E-state index in [1.165, 1.54) is 17.0 Å². The summed E-state index contributed by atoms with van der Waals surface area (Å²) in [5.41, 5.74) is 6.07. The molecule has 2 heterocycles. The molecule has 1 fully saturated rings. The zero-order valence-corrected chi connectivity index (χ0v) is 13.2. The van der Waals surface area contributed by atoms with Gasteiger partial charge in [-0.25, -0.2) is 9.18 Å². The van der Waals surface area contributed by atoms with Gasteiger partial charge in [-0.2, -0.15) is 4.98 Å². The van der Waals surface area contributed by atoms with E-state index in [4.69, 9.17) is 15.0 Å². The first kappa shape index (κ1) is 16.9. The number of anilines is 1. The van der Waals surface area contributed by atoms with Gasteiger partial charge < -0.3 is 15.0 Å². The van der Waals surface area contributed by atoms with Crippen LogP contribution < -0.4 is 10.6 Å². The van der Waals surface area contributed by atoms with E-state index in [-0.39, 0.29) is 24.0 Å². The average molecular weight is 322 g/mol. The lowest BCUT2D eigenvalue weighted by molar-refractivity contribution is 0.145. The van der Waals surface area contributed by atoms with Crippen molar-refractivity contribution >= 4 is 11.8 Å². The van der Waals surface area contributed by atoms with Crippen LogP contribution in [0.2, 0.25) is 0 Å². The molecule has 124 valence electrons. The first-order valence-corrected chi connectivity index (χ1v) is 7.37. The lowest BCUT2D eigenvalue weighted by atomic mass is 10.1. The highest BCUT2D eigenvalue weighted by atomic mass is 19.1. The van der Waals surface area contributed by atoms with Gasteiger partial charge in [-0.1, -0.05) is 19.0 Å². The summed E-state index contributed by atoms with van der Waals surface area (Å²) in [6.07, 6.45) is -0.909. The molecule has 1 unspecified atom stereocenters. The Labute approximate surface area is 133 Å². The third-order valence-corrected chi connectivity index (χ3v) is 3.17. The summed E-state index contributed by atoms with van der Waals surface area (Å²) in [7, 11) is 0. The van der Waals surface area contributed by atoms with E-state index in [2.05, 4.69) is 10.1 Å². The van der Waals surface area contributed by atoms with Crippen molar-refractivity contribution in [2.24, 2.45) is 5.73 Å². The maximum atomic E-state index is 14.2.